The van der Waals surface area contributed by atoms with Crippen molar-refractivity contribution in [3.05, 3.63) is 58.1 Å². The monoisotopic (exact) mass is 422 g/mol. The summed E-state index contributed by atoms with van der Waals surface area (Å²) in [7, 11) is -3.50. The van der Waals surface area contributed by atoms with Crippen molar-refractivity contribution >= 4 is 31.7 Å². The largest absolute Gasteiger partial charge is 0.454 e. The summed E-state index contributed by atoms with van der Waals surface area (Å²) < 4.78 is 37.4. The molecule has 0 aliphatic carbocycles. The summed E-state index contributed by atoms with van der Waals surface area (Å²) in [4.78, 5) is 0. The van der Waals surface area contributed by atoms with E-state index in [2.05, 4.69) is 21.0 Å². The van der Waals surface area contributed by atoms with Gasteiger partial charge in [-0.3, -0.25) is 0 Å². The molecule has 0 aromatic heterocycles. The fourth-order valence-electron chi connectivity index (χ4n) is 2.98. The lowest BCUT2D eigenvalue weighted by Gasteiger charge is -2.21. The van der Waals surface area contributed by atoms with Crippen LogP contribution in [0.15, 0.2) is 52.0 Å². The third kappa shape index (κ3) is 3.11. The van der Waals surface area contributed by atoms with Gasteiger partial charge in [0.1, 0.15) is 0 Å². The van der Waals surface area contributed by atoms with Gasteiger partial charge in [-0.15, -0.1) is 0 Å². The molecule has 0 N–H and O–H groups in total. The zero-order chi connectivity index (χ0) is 17.6. The van der Waals surface area contributed by atoms with Gasteiger partial charge in [0.2, 0.25) is 16.8 Å². The molecule has 6 nitrogen and oxygen atoms in total. The van der Waals surface area contributed by atoms with Crippen molar-refractivity contribution in [2.45, 2.75) is 12.5 Å². The highest BCUT2D eigenvalue weighted by Crippen LogP contribution is 2.40. The first-order valence-electron chi connectivity index (χ1n) is 7.64. The summed E-state index contributed by atoms with van der Waals surface area (Å²) in [6.45, 7) is 0.180. The molecule has 0 amide bonds. The normalized spacial score (nSPS) is 19.2. The highest BCUT2D eigenvalue weighted by molar-refractivity contribution is 9.10. The summed E-state index contributed by atoms with van der Waals surface area (Å²) in [5.74, 6) is 1.30. The first-order valence-corrected chi connectivity index (χ1v) is 10.3. The third-order valence-electron chi connectivity index (χ3n) is 4.17. The van der Waals surface area contributed by atoms with Gasteiger partial charge in [0.15, 0.2) is 11.5 Å². The molecule has 25 heavy (non-hydrogen) atoms. The Morgan fingerprint density at radius 1 is 1.12 bits per heavy atom. The Morgan fingerprint density at radius 3 is 2.56 bits per heavy atom. The highest BCUT2D eigenvalue weighted by atomic mass is 79.9. The van der Waals surface area contributed by atoms with Crippen LogP contribution in [0.25, 0.3) is 0 Å². The number of benzene rings is 2. The quantitative estimate of drug-likeness (QED) is 0.760. The summed E-state index contributed by atoms with van der Waals surface area (Å²) in [5, 5.41) is 4.39. The summed E-state index contributed by atoms with van der Waals surface area (Å²) in [6.07, 6.45) is 1.66. The van der Waals surface area contributed by atoms with Crippen LogP contribution in [-0.2, 0) is 10.0 Å². The van der Waals surface area contributed by atoms with E-state index in [9.17, 15) is 8.42 Å². The predicted octanol–water partition coefficient (Wildman–Crippen LogP) is 3.29. The van der Waals surface area contributed by atoms with E-state index in [1.807, 2.05) is 36.4 Å². The zero-order valence-electron chi connectivity index (χ0n) is 13.3. The van der Waals surface area contributed by atoms with Gasteiger partial charge in [-0.25, -0.2) is 8.42 Å². The first kappa shape index (κ1) is 16.4. The standard InChI is InChI=1S/C17H15BrN2O4S/c1-25(21,22)20-15(12-4-7-16-17(8-12)24-10-23-16)9-14(19-20)11-2-5-13(18)6-3-11/h2-8,15H,9-10H2,1H3/t15-/m0/s1. The van der Waals surface area contributed by atoms with Crippen LogP contribution in [0.2, 0.25) is 0 Å². The molecule has 130 valence electrons. The maximum absolute atomic E-state index is 12.2. The molecule has 0 spiro atoms. The van der Waals surface area contributed by atoms with E-state index in [1.165, 1.54) is 10.7 Å². The minimum atomic E-state index is -3.50. The molecule has 4 rings (SSSR count). The number of fused-ring (bicyclic) bond motifs is 1. The Labute approximate surface area is 154 Å². The second-order valence-electron chi connectivity index (χ2n) is 5.92. The van der Waals surface area contributed by atoms with Crippen LogP contribution in [0.5, 0.6) is 11.5 Å². The molecule has 8 heteroatoms. The van der Waals surface area contributed by atoms with Crippen LogP contribution < -0.4 is 9.47 Å². The van der Waals surface area contributed by atoms with Crippen LogP contribution in [0.1, 0.15) is 23.6 Å². The number of rotatable bonds is 3. The second-order valence-corrected chi connectivity index (χ2v) is 8.68. The molecule has 0 bridgehead atoms. The van der Waals surface area contributed by atoms with Crippen molar-refractivity contribution in [2.75, 3.05) is 13.0 Å². The van der Waals surface area contributed by atoms with E-state index in [4.69, 9.17) is 9.47 Å². The lowest BCUT2D eigenvalue weighted by atomic mass is 9.99. The Bertz CT molecular complexity index is 957. The lowest BCUT2D eigenvalue weighted by molar-refractivity contribution is 0.174. The van der Waals surface area contributed by atoms with Crippen LogP contribution in [0.4, 0.5) is 0 Å². The van der Waals surface area contributed by atoms with Crippen molar-refractivity contribution < 1.29 is 17.9 Å². The Balaban J connectivity index is 1.72. The highest BCUT2D eigenvalue weighted by Gasteiger charge is 2.35. The molecule has 0 saturated carbocycles. The summed E-state index contributed by atoms with van der Waals surface area (Å²) in [6, 6.07) is 12.8. The molecule has 0 fully saturated rings. The van der Waals surface area contributed by atoms with E-state index < -0.39 is 16.1 Å². The van der Waals surface area contributed by atoms with Crippen molar-refractivity contribution in [3.63, 3.8) is 0 Å². The van der Waals surface area contributed by atoms with Crippen molar-refractivity contribution in [1.82, 2.24) is 4.41 Å². The molecular weight excluding hydrogens is 408 g/mol. The van der Waals surface area contributed by atoms with E-state index in [1.54, 1.807) is 6.07 Å². The van der Waals surface area contributed by atoms with Crippen LogP contribution in [0.3, 0.4) is 0 Å². The van der Waals surface area contributed by atoms with Crippen LogP contribution in [0, 0.1) is 0 Å². The van der Waals surface area contributed by atoms with Crippen molar-refractivity contribution in [2.24, 2.45) is 5.10 Å². The Kier molecular flexibility index (Phi) is 3.96. The van der Waals surface area contributed by atoms with Crippen molar-refractivity contribution in [3.8, 4) is 11.5 Å². The van der Waals surface area contributed by atoms with Crippen LogP contribution >= 0.6 is 15.9 Å². The molecule has 2 aliphatic heterocycles. The molecule has 0 saturated heterocycles. The average molecular weight is 423 g/mol. The maximum Gasteiger partial charge on any atom is 0.247 e. The number of hydrogen-bond acceptors (Lipinski definition) is 5. The average Bonchev–Trinajstić information content (AvgIpc) is 3.21. The molecule has 2 aliphatic rings. The number of nitrogens with zero attached hydrogens (tertiary/aromatic N) is 2. The van der Waals surface area contributed by atoms with Crippen LogP contribution in [-0.4, -0.2) is 31.6 Å². The summed E-state index contributed by atoms with van der Waals surface area (Å²) >= 11 is 3.40. The van der Waals surface area contributed by atoms with E-state index in [0.717, 1.165) is 21.3 Å². The Morgan fingerprint density at radius 2 is 1.84 bits per heavy atom. The molecular formula is C17H15BrN2O4S. The number of halogens is 1. The smallest absolute Gasteiger partial charge is 0.247 e. The Hall–Kier alpha value is -2.06. The van der Waals surface area contributed by atoms with Gasteiger partial charge in [-0.05, 0) is 35.4 Å². The lowest BCUT2D eigenvalue weighted by Crippen LogP contribution is -2.25. The van der Waals surface area contributed by atoms with Gasteiger partial charge < -0.3 is 9.47 Å². The summed E-state index contributed by atoms with van der Waals surface area (Å²) in [5.41, 5.74) is 2.46. The van der Waals surface area contributed by atoms with Gasteiger partial charge in [0.25, 0.3) is 0 Å². The minimum absolute atomic E-state index is 0.180. The van der Waals surface area contributed by atoms with Crippen molar-refractivity contribution in [1.29, 1.82) is 0 Å². The second kappa shape index (κ2) is 6.03. The predicted molar refractivity (Wildman–Crippen MR) is 97.3 cm³/mol. The fraction of sp³-hybridized carbons (Fsp3) is 0.235. The minimum Gasteiger partial charge on any atom is -0.454 e. The number of ether oxygens (including phenoxy) is 2. The molecule has 0 unspecified atom stereocenters. The SMILES string of the molecule is CS(=O)(=O)N1N=C(c2ccc(Br)cc2)C[C@H]1c1ccc2c(c1)OCO2. The van der Waals surface area contributed by atoms with Gasteiger partial charge in [-0.1, -0.05) is 34.1 Å². The van der Waals surface area contributed by atoms with Gasteiger partial charge >= 0.3 is 0 Å². The molecule has 2 aromatic rings. The van der Waals surface area contributed by atoms with E-state index in [-0.39, 0.29) is 6.79 Å². The third-order valence-corrected chi connectivity index (χ3v) is 5.72. The zero-order valence-corrected chi connectivity index (χ0v) is 15.7. The van der Waals surface area contributed by atoms with E-state index >= 15 is 0 Å². The molecule has 2 heterocycles. The number of hydrazone groups is 1. The van der Waals surface area contributed by atoms with Gasteiger partial charge in [-0.2, -0.15) is 9.52 Å². The molecule has 2 aromatic carbocycles. The van der Waals surface area contributed by atoms with E-state index in [0.29, 0.717) is 17.9 Å². The molecule has 1 atom stereocenters. The molecule has 0 radical (unpaired) electrons. The van der Waals surface area contributed by atoms with Gasteiger partial charge in [0.05, 0.1) is 18.0 Å². The number of sulfonamides is 1. The number of hydrogen-bond donors (Lipinski definition) is 0. The van der Waals surface area contributed by atoms with Gasteiger partial charge in [0, 0.05) is 10.9 Å². The topological polar surface area (TPSA) is 68.2 Å². The maximum atomic E-state index is 12.2. The fourth-order valence-corrected chi connectivity index (χ4v) is 4.15. The first-order chi connectivity index (χ1) is 11.9.